The first kappa shape index (κ1) is 15.2. The Labute approximate surface area is 100 Å². The zero-order valence-corrected chi connectivity index (χ0v) is 11.9. The van der Waals surface area contributed by atoms with Gasteiger partial charge in [-0.05, 0) is 30.0 Å². The molecule has 1 N–H and O–H groups in total. The van der Waals surface area contributed by atoms with E-state index in [2.05, 4.69) is 13.8 Å². The molecular formula is C13H23NOS. The summed E-state index contributed by atoms with van der Waals surface area (Å²) >= 11 is 0. The van der Waals surface area contributed by atoms with E-state index in [0.29, 0.717) is 10.8 Å². The lowest BCUT2D eigenvalue weighted by Crippen LogP contribution is -2.00. The normalized spacial score (nSPS) is 13.9. The van der Waals surface area contributed by atoms with Crippen molar-refractivity contribution in [3.63, 3.8) is 0 Å². The zero-order chi connectivity index (χ0) is 12.9. The van der Waals surface area contributed by atoms with E-state index in [4.69, 9.17) is 4.78 Å². The molecule has 0 saturated carbocycles. The average molecular weight is 241 g/mol. The Morgan fingerprint density at radius 2 is 1.75 bits per heavy atom. The van der Waals surface area contributed by atoms with Crippen molar-refractivity contribution in [1.29, 1.82) is 4.78 Å². The van der Waals surface area contributed by atoms with E-state index in [1.165, 1.54) is 6.26 Å². The van der Waals surface area contributed by atoms with Gasteiger partial charge in [-0.15, -0.1) is 0 Å². The highest BCUT2D eigenvalue weighted by Gasteiger charge is 2.09. The number of aryl methyl sites for hydroxylation is 1. The van der Waals surface area contributed by atoms with E-state index < -0.39 is 9.73 Å². The topological polar surface area (TPSA) is 40.9 Å². The van der Waals surface area contributed by atoms with Crippen molar-refractivity contribution in [2.24, 2.45) is 0 Å². The van der Waals surface area contributed by atoms with Crippen LogP contribution in [0.25, 0.3) is 0 Å². The molecule has 1 atom stereocenters. The van der Waals surface area contributed by atoms with Gasteiger partial charge in [0.25, 0.3) is 0 Å². The van der Waals surface area contributed by atoms with Crippen LogP contribution < -0.4 is 0 Å². The fraction of sp³-hybridized carbons (Fsp3) is 0.538. The summed E-state index contributed by atoms with van der Waals surface area (Å²) in [5, 5.41) is 0. The maximum Gasteiger partial charge on any atom is 0.0699 e. The van der Waals surface area contributed by atoms with Gasteiger partial charge >= 0.3 is 0 Å². The first-order valence-corrected chi connectivity index (χ1v) is 7.63. The lowest BCUT2D eigenvalue weighted by atomic mass is 10.0. The third-order valence-corrected chi connectivity index (χ3v) is 3.58. The van der Waals surface area contributed by atoms with Crippen molar-refractivity contribution < 1.29 is 4.21 Å². The van der Waals surface area contributed by atoms with E-state index in [1.807, 2.05) is 39.0 Å². The second-order valence-electron chi connectivity index (χ2n) is 4.02. The molecule has 1 unspecified atom stereocenters. The second kappa shape index (κ2) is 6.04. The molecule has 0 radical (unpaired) electrons. The first-order valence-electron chi connectivity index (χ1n) is 5.66. The van der Waals surface area contributed by atoms with Crippen LogP contribution in [0.1, 0.15) is 44.7 Å². The molecular weight excluding hydrogens is 218 g/mol. The molecule has 1 rings (SSSR count). The van der Waals surface area contributed by atoms with Crippen molar-refractivity contribution in [2.75, 3.05) is 6.26 Å². The van der Waals surface area contributed by atoms with Gasteiger partial charge in [0.2, 0.25) is 0 Å². The Bertz CT molecular complexity index is 433. The minimum absolute atomic E-state index is 0.413. The van der Waals surface area contributed by atoms with Gasteiger partial charge in [0.05, 0.1) is 14.6 Å². The molecule has 0 spiro atoms. The summed E-state index contributed by atoms with van der Waals surface area (Å²) in [6, 6.07) is 5.88. The standard InChI is InChI=1S/C11H17NOS.C2H6/c1-8(2)10-6-5-9(3)11(7-10)14(4,12)13;1-2/h5-8,12H,1-4H3;1-2H3. The lowest BCUT2D eigenvalue weighted by Gasteiger charge is -2.11. The Kier molecular flexibility index (Phi) is 5.73. The van der Waals surface area contributed by atoms with Crippen molar-refractivity contribution in [3.05, 3.63) is 29.3 Å². The lowest BCUT2D eigenvalue weighted by molar-refractivity contribution is 0.678. The summed E-state index contributed by atoms with van der Waals surface area (Å²) in [5.41, 5.74) is 2.09. The van der Waals surface area contributed by atoms with Gasteiger partial charge in [0.15, 0.2) is 0 Å². The quantitative estimate of drug-likeness (QED) is 0.829. The molecule has 0 aromatic heterocycles. The van der Waals surface area contributed by atoms with E-state index in [9.17, 15) is 4.21 Å². The third-order valence-electron chi connectivity index (χ3n) is 2.30. The third kappa shape index (κ3) is 3.97. The van der Waals surface area contributed by atoms with Gasteiger partial charge in [-0.3, -0.25) is 0 Å². The largest absolute Gasteiger partial charge is 0.249 e. The molecule has 3 heteroatoms. The summed E-state index contributed by atoms with van der Waals surface area (Å²) in [6.07, 6.45) is 1.47. The minimum Gasteiger partial charge on any atom is -0.249 e. The smallest absolute Gasteiger partial charge is 0.0699 e. The van der Waals surface area contributed by atoms with Gasteiger partial charge in [-0.1, -0.05) is 39.8 Å². The van der Waals surface area contributed by atoms with E-state index >= 15 is 0 Å². The van der Waals surface area contributed by atoms with E-state index in [-0.39, 0.29) is 0 Å². The Hall–Kier alpha value is -0.830. The molecule has 0 aliphatic carbocycles. The molecule has 0 bridgehead atoms. The number of rotatable bonds is 2. The van der Waals surface area contributed by atoms with Gasteiger partial charge < -0.3 is 0 Å². The van der Waals surface area contributed by atoms with Crippen molar-refractivity contribution in [2.45, 2.75) is 45.4 Å². The van der Waals surface area contributed by atoms with Crippen LogP contribution in [0.15, 0.2) is 23.1 Å². The fourth-order valence-corrected chi connectivity index (χ4v) is 2.44. The number of hydrogen-bond acceptors (Lipinski definition) is 2. The van der Waals surface area contributed by atoms with Crippen molar-refractivity contribution in [1.82, 2.24) is 0 Å². The van der Waals surface area contributed by atoms with Gasteiger partial charge in [-0.2, -0.15) is 0 Å². The Morgan fingerprint density at radius 1 is 1.25 bits per heavy atom. The molecule has 2 nitrogen and oxygen atoms in total. The van der Waals surface area contributed by atoms with Crippen LogP contribution in [-0.2, 0) is 9.73 Å². The molecule has 0 amide bonds. The van der Waals surface area contributed by atoms with Gasteiger partial charge in [0.1, 0.15) is 0 Å². The molecule has 0 fully saturated rings. The monoisotopic (exact) mass is 241 g/mol. The van der Waals surface area contributed by atoms with E-state index in [1.54, 1.807) is 0 Å². The average Bonchev–Trinajstić information content (AvgIpc) is 2.19. The second-order valence-corrected chi connectivity index (χ2v) is 6.15. The van der Waals surface area contributed by atoms with Crippen LogP contribution in [-0.4, -0.2) is 10.5 Å². The summed E-state index contributed by atoms with van der Waals surface area (Å²) in [7, 11) is -2.59. The highest BCUT2D eigenvalue weighted by Crippen LogP contribution is 2.22. The number of benzene rings is 1. The zero-order valence-electron chi connectivity index (χ0n) is 11.1. The predicted octanol–water partition coefficient (Wildman–Crippen LogP) is 4.18. The van der Waals surface area contributed by atoms with Crippen molar-refractivity contribution in [3.8, 4) is 0 Å². The van der Waals surface area contributed by atoms with Crippen LogP contribution in [0.5, 0.6) is 0 Å². The molecule has 92 valence electrons. The molecule has 0 aliphatic rings. The Morgan fingerprint density at radius 3 is 2.12 bits per heavy atom. The highest BCUT2D eigenvalue weighted by atomic mass is 32.2. The molecule has 1 aromatic carbocycles. The number of nitrogens with one attached hydrogen (secondary N) is 1. The molecule has 0 aliphatic heterocycles. The summed E-state index contributed by atoms with van der Waals surface area (Å²) in [4.78, 5) is 0.670. The maximum atomic E-state index is 11.7. The molecule has 0 saturated heterocycles. The molecule has 0 heterocycles. The summed E-state index contributed by atoms with van der Waals surface area (Å²) in [6.45, 7) is 10.1. The first-order chi connectivity index (χ1) is 7.32. The van der Waals surface area contributed by atoms with Crippen LogP contribution >= 0.6 is 0 Å². The van der Waals surface area contributed by atoms with Crippen LogP contribution in [0.3, 0.4) is 0 Å². The molecule has 1 aromatic rings. The van der Waals surface area contributed by atoms with Gasteiger partial charge in [0, 0.05) is 6.26 Å². The van der Waals surface area contributed by atoms with E-state index in [0.717, 1.165) is 11.1 Å². The maximum absolute atomic E-state index is 11.7. The van der Waals surface area contributed by atoms with Gasteiger partial charge in [-0.25, -0.2) is 8.99 Å². The highest BCUT2D eigenvalue weighted by molar-refractivity contribution is 7.91. The minimum atomic E-state index is -2.59. The Balaban J connectivity index is 0.00000106. The number of hydrogen-bond donors (Lipinski definition) is 1. The summed E-state index contributed by atoms with van der Waals surface area (Å²) < 4.78 is 19.2. The van der Waals surface area contributed by atoms with Crippen LogP contribution in [0, 0.1) is 11.7 Å². The predicted molar refractivity (Wildman–Crippen MR) is 71.7 cm³/mol. The SMILES string of the molecule is CC.Cc1ccc(C(C)C)cc1S(C)(=N)=O. The van der Waals surface area contributed by atoms with Crippen molar-refractivity contribution >= 4 is 9.73 Å². The summed E-state index contributed by atoms with van der Waals surface area (Å²) in [5.74, 6) is 0.413. The van der Waals surface area contributed by atoms with Crippen LogP contribution in [0.4, 0.5) is 0 Å². The van der Waals surface area contributed by atoms with Crippen LogP contribution in [0.2, 0.25) is 0 Å². The molecule has 16 heavy (non-hydrogen) atoms. The fourth-order valence-electron chi connectivity index (χ4n) is 1.40.